The van der Waals surface area contributed by atoms with Gasteiger partial charge in [-0.15, -0.1) is 10.2 Å². The summed E-state index contributed by atoms with van der Waals surface area (Å²) < 4.78 is 21.5. The number of anilines is 1. The molecule has 140 valence electrons. The van der Waals surface area contributed by atoms with Gasteiger partial charge in [-0.05, 0) is 49.4 Å². The Morgan fingerprint density at radius 1 is 1.26 bits per heavy atom. The zero-order valence-corrected chi connectivity index (χ0v) is 17.0. The Morgan fingerprint density at radius 3 is 2.67 bits per heavy atom. The van der Waals surface area contributed by atoms with Crippen molar-refractivity contribution < 1.29 is 13.9 Å². The summed E-state index contributed by atoms with van der Waals surface area (Å²) in [5, 5.41) is 11.3. The summed E-state index contributed by atoms with van der Waals surface area (Å²) in [6.45, 7) is 1.83. The minimum absolute atomic E-state index is 0.0732. The third-order valence-electron chi connectivity index (χ3n) is 3.66. The molecule has 0 aliphatic heterocycles. The summed E-state index contributed by atoms with van der Waals surface area (Å²) in [5.41, 5.74) is 0.997. The van der Waals surface area contributed by atoms with Crippen LogP contribution in [0.5, 0.6) is 5.75 Å². The standard InChI is InChI=1S/C18H16BrFN4O2S/c1-11-22-23-18(24(11)13-4-6-14(26-2)7-5-13)27-10-17(25)21-16-8-3-12(19)9-15(16)20/h3-9H,10H2,1-2H3,(H,21,25). The zero-order valence-electron chi connectivity index (χ0n) is 14.6. The van der Waals surface area contributed by atoms with Gasteiger partial charge in [-0.25, -0.2) is 4.39 Å². The molecular weight excluding hydrogens is 435 g/mol. The first-order valence-electron chi connectivity index (χ1n) is 7.92. The fraction of sp³-hybridized carbons (Fsp3) is 0.167. The highest BCUT2D eigenvalue weighted by atomic mass is 79.9. The monoisotopic (exact) mass is 450 g/mol. The first kappa shape index (κ1) is 19.4. The first-order valence-corrected chi connectivity index (χ1v) is 9.70. The highest BCUT2D eigenvalue weighted by Crippen LogP contribution is 2.24. The van der Waals surface area contributed by atoms with Gasteiger partial charge in [0.15, 0.2) is 5.16 Å². The summed E-state index contributed by atoms with van der Waals surface area (Å²) in [4.78, 5) is 12.2. The van der Waals surface area contributed by atoms with E-state index >= 15 is 0 Å². The van der Waals surface area contributed by atoms with Gasteiger partial charge in [-0.2, -0.15) is 0 Å². The Labute approximate surface area is 168 Å². The lowest BCUT2D eigenvalue weighted by atomic mass is 10.3. The molecule has 0 spiro atoms. The van der Waals surface area contributed by atoms with Gasteiger partial charge < -0.3 is 10.1 Å². The molecule has 0 fully saturated rings. The van der Waals surface area contributed by atoms with E-state index in [1.807, 2.05) is 35.8 Å². The number of carbonyl (C=O) groups excluding carboxylic acids is 1. The Kier molecular flexibility index (Phi) is 6.12. The van der Waals surface area contributed by atoms with Crippen LogP contribution < -0.4 is 10.1 Å². The Balaban J connectivity index is 1.70. The molecule has 2 aromatic carbocycles. The van der Waals surface area contributed by atoms with E-state index < -0.39 is 5.82 Å². The molecular formula is C18H16BrFN4O2S. The van der Waals surface area contributed by atoms with E-state index in [0.717, 1.165) is 11.4 Å². The number of benzene rings is 2. The molecule has 1 heterocycles. The summed E-state index contributed by atoms with van der Waals surface area (Å²) in [5.74, 6) is 0.684. The molecule has 0 atom stereocenters. The molecule has 1 aromatic heterocycles. The number of hydrogen-bond donors (Lipinski definition) is 1. The van der Waals surface area contributed by atoms with Gasteiger partial charge in [-0.1, -0.05) is 27.7 Å². The highest BCUT2D eigenvalue weighted by Gasteiger charge is 2.14. The number of aryl methyl sites for hydroxylation is 1. The maximum atomic E-state index is 13.8. The van der Waals surface area contributed by atoms with Crippen LogP contribution in [0.4, 0.5) is 10.1 Å². The van der Waals surface area contributed by atoms with E-state index in [1.54, 1.807) is 13.2 Å². The van der Waals surface area contributed by atoms with Crippen LogP contribution in [0.3, 0.4) is 0 Å². The molecule has 1 N–H and O–H groups in total. The fourth-order valence-electron chi connectivity index (χ4n) is 2.37. The second-order valence-corrected chi connectivity index (χ2v) is 7.38. The van der Waals surface area contributed by atoms with Gasteiger partial charge in [0.25, 0.3) is 0 Å². The zero-order chi connectivity index (χ0) is 19.4. The number of carbonyl (C=O) groups is 1. The minimum atomic E-state index is -0.500. The number of nitrogens with one attached hydrogen (secondary N) is 1. The smallest absolute Gasteiger partial charge is 0.234 e. The lowest BCUT2D eigenvalue weighted by molar-refractivity contribution is -0.113. The van der Waals surface area contributed by atoms with Crippen LogP contribution in [0.15, 0.2) is 52.1 Å². The van der Waals surface area contributed by atoms with Gasteiger partial charge in [0, 0.05) is 10.2 Å². The Morgan fingerprint density at radius 2 is 2.00 bits per heavy atom. The van der Waals surface area contributed by atoms with Gasteiger partial charge in [-0.3, -0.25) is 9.36 Å². The van der Waals surface area contributed by atoms with Crippen molar-refractivity contribution in [2.75, 3.05) is 18.2 Å². The summed E-state index contributed by atoms with van der Waals surface area (Å²) >= 11 is 4.41. The average Bonchev–Trinajstić information content (AvgIpc) is 3.03. The van der Waals surface area contributed by atoms with Crippen molar-refractivity contribution in [3.63, 3.8) is 0 Å². The van der Waals surface area contributed by atoms with E-state index in [0.29, 0.717) is 15.5 Å². The second kappa shape index (κ2) is 8.53. The third-order valence-corrected chi connectivity index (χ3v) is 5.09. The molecule has 0 aliphatic rings. The normalized spacial score (nSPS) is 10.7. The van der Waals surface area contributed by atoms with E-state index in [2.05, 4.69) is 31.4 Å². The molecule has 0 saturated heterocycles. The predicted octanol–water partition coefficient (Wildman–Crippen LogP) is 4.22. The Hall–Kier alpha value is -2.39. The maximum absolute atomic E-state index is 13.8. The first-order chi connectivity index (χ1) is 13.0. The Bertz CT molecular complexity index is 962. The summed E-state index contributed by atoms with van der Waals surface area (Å²) in [6.07, 6.45) is 0. The molecule has 27 heavy (non-hydrogen) atoms. The van der Waals surface area contributed by atoms with E-state index in [1.165, 1.54) is 23.9 Å². The average molecular weight is 451 g/mol. The number of nitrogens with zero attached hydrogens (tertiary/aromatic N) is 3. The van der Waals surface area contributed by atoms with Gasteiger partial charge in [0.05, 0.1) is 18.6 Å². The second-order valence-electron chi connectivity index (χ2n) is 5.52. The topological polar surface area (TPSA) is 69.0 Å². The molecule has 1 amide bonds. The molecule has 3 aromatic rings. The predicted molar refractivity (Wildman–Crippen MR) is 106 cm³/mol. The van der Waals surface area contributed by atoms with Crippen molar-refractivity contribution in [3.8, 4) is 11.4 Å². The number of hydrogen-bond acceptors (Lipinski definition) is 5. The van der Waals surface area contributed by atoms with E-state index in [4.69, 9.17) is 4.74 Å². The largest absolute Gasteiger partial charge is 0.497 e. The molecule has 0 bridgehead atoms. The van der Waals surface area contributed by atoms with Gasteiger partial charge >= 0.3 is 0 Å². The quantitative estimate of drug-likeness (QED) is 0.569. The minimum Gasteiger partial charge on any atom is -0.497 e. The lowest BCUT2D eigenvalue weighted by Crippen LogP contribution is -2.15. The van der Waals surface area contributed by atoms with Crippen LogP contribution >= 0.6 is 27.7 Å². The fourth-order valence-corrected chi connectivity index (χ4v) is 3.50. The molecule has 0 radical (unpaired) electrons. The van der Waals surface area contributed by atoms with Crippen molar-refractivity contribution in [2.45, 2.75) is 12.1 Å². The van der Waals surface area contributed by atoms with E-state index in [-0.39, 0.29) is 17.3 Å². The molecule has 9 heteroatoms. The van der Waals surface area contributed by atoms with E-state index in [9.17, 15) is 9.18 Å². The van der Waals surface area contributed by atoms with Crippen LogP contribution in [-0.2, 0) is 4.79 Å². The van der Waals surface area contributed by atoms with Crippen molar-refractivity contribution in [1.82, 2.24) is 14.8 Å². The van der Waals surface area contributed by atoms with Crippen molar-refractivity contribution >= 4 is 39.3 Å². The lowest BCUT2D eigenvalue weighted by Gasteiger charge is -2.10. The number of rotatable bonds is 6. The van der Waals surface area contributed by atoms with Crippen molar-refractivity contribution in [2.24, 2.45) is 0 Å². The number of methoxy groups -OCH3 is 1. The molecule has 0 unspecified atom stereocenters. The summed E-state index contributed by atoms with van der Waals surface area (Å²) in [7, 11) is 1.60. The summed E-state index contributed by atoms with van der Waals surface area (Å²) in [6, 6.07) is 11.9. The van der Waals surface area contributed by atoms with Crippen LogP contribution in [0.25, 0.3) is 5.69 Å². The molecule has 0 saturated carbocycles. The van der Waals surface area contributed by atoms with Crippen molar-refractivity contribution in [3.05, 3.63) is 58.6 Å². The molecule has 6 nitrogen and oxygen atoms in total. The SMILES string of the molecule is COc1ccc(-n2c(C)nnc2SCC(=O)Nc2ccc(Br)cc2F)cc1. The molecule has 0 aliphatic carbocycles. The van der Waals surface area contributed by atoms with Gasteiger partial charge in [0.1, 0.15) is 17.4 Å². The maximum Gasteiger partial charge on any atom is 0.234 e. The van der Waals surface area contributed by atoms with Gasteiger partial charge in [0.2, 0.25) is 5.91 Å². The number of halogens is 2. The van der Waals surface area contributed by atoms with Crippen LogP contribution in [0.1, 0.15) is 5.82 Å². The molecule has 3 rings (SSSR count). The van der Waals surface area contributed by atoms with Crippen LogP contribution in [-0.4, -0.2) is 33.5 Å². The van der Waals surface area contributed by atoms with Crippen LogP contribution in [0, 0.1) is 12.7 Å². The number of aromatic nitrogens is 3. The highest BCUT2D eigenvalue weighted by molar-refractivity contribution is 9.10. The number of amides is 1. The number of ether oxygens (including phenoxy) is 1. The number of thioether (sulfide) groups is 1. The van der Waals surface area contributed by atoms with Crippen LogP contribution in [0.2, 0.25) is 0 Å². The third kappa shape index (κ3) is 4.67. The van der Waals surface area contributed by atoms with Crippen molar-refractivity contribution in [1.29, 1.82) is 0 Å².